The summed E-state index contributed by atoms with van der Waals surface area (Å²) in [4.78, 5) is 11.0. The van der Waals surface area contributed by atoms with Crippen molar-refractivity contribution >= 4 is 16.0 Å². The van der Waals surface area contributed by atoms with E-state index >= 15 is 0 Å². The number of aliphatic carboxylic acids is 1. The zero-order valence-corrected chi connectivity index (χ0v) is 12.0. The van der Waals surface area contributed by atoms with Crippen LogP contribution >= 0.6 is 0 Å². The van der Waals surface area contributed by atoms with Gasteiger partial charge in [0.2, 0.25) is 10.0 Å². The molecule has 17 heavy (non-hydrogen) atoms. The Bertz CT molecular complexity index is 354. The lowest BCUT2D eigenvalue weighted by atomic mass is 9.88. The van der Waals surface area contributed by atoms with E-state index in [1.165, 1.54) is 0 Å². The summed E-state index contributed by atoms with van der Waals surface area (Å²) < 4.78 is 25.7. The molecular weight excluding hydrogens is 242 g/mol. The van der Waals surface area contributed by atoms with Crippen molar-refractivity contribution in [3.8, 4) is 0 Å². The van der Waals surface area contributed by atoms with Crippen LogP contribution in [0.25, 0.3) is 0 Å². The maximum absolute atomic E-state index is 11.7. The first-order valence-electron chi connectivity index (χ1n) is 5.68. The monoisotopic (exact) mass is 265 g/mol. The maximum atomic E-state index is 11.7. The highest BCUT2D eigenvalue weighted by atomic mass is 32.2. The summed E-state index contributed by atoms with van der Waals surface area (Å²) in [5.74, 6) is -0.917. The van der Waals surface area contributed by atoms with Gasteiger partial charge in [0.1, 0.15) is 6.04 Å². The minimum atomic E-state index is -3.53. The molecule has 5 nitrogen and oxygen atoms in total. The third kappa shape index (κ3) is 6.63. The second-order valence-corrected chi connectivity index (χ2v) is 7.63. The van der Waals surface area contributed by atoms with Gasteiger partial charge in [-0.05, 0) is 17.8 Å². The molecule has 0 aromatic rings. The first kappa shape index (κ1) is 16.4. The van der Waals surface area contributed by atoms with Gasteiger partial charge in [-0.3, -0.25) is 4.79 Å². The van der Waals surface area contributed by atoms with Crippen LogP contribution in [-0.4, -0.2) is 31.3 Å². The molecule has 0 radical (unpaired) electrons. The molecule has 0 heterocycles. The van der Waals surface area contributed by atoms with Gasteiger partial charge in [-0.25, -0.2) is 13.1 Å². The van der Waals surface area contributed by atoms with Crippen molar-refractivity contribution in [2.45, 2.75) is 47.1 Å². The highest BCUT2D eigenvalue weighted by Crippen LogP contribution is 2.20. The zero-order chi connectivity index (χ0) is 13.9. The van der Waals surface area contributed by atoms with Crippen molar-refractivity contribution in [3.63, 3.8) is 0 Å². The average molecular weight is 265 g/mol. The van der Waals surface area contributed by atoms with Crippen molar-refractivity contribution < 1.29 is 18.3 Å². The fourth-order valence-corrected chi connectivity index (χ4v) is 2.94. The molecule has 102 valence electrons. The SMILES string of the molecule is CC(C)CCS(=O)(=O)N[C@H](C(=O)O)C(C)(C)C. The number of hydrogen-bond donors (Lipinski definition) is 2. The molecule has 0 aliphatic carbocycles. The van der Waals surface area contributed by atoms with Gasteiger partial charge in [0.15, 0.2) is 0 Å². The van der Waals surface area contributed by atoms with Crippen molar-refractivity contribution in [2.75, 3.05) is 5.75 Å². The van der Waals surface area contributed by atoms with Crippen molar-refractivity contribution in [2.24, 2.45) is 11.3 Å². The summed E-state index contributed by atoms with van der Waals surface area (Å²) in [7, 11) is -3.53. The third-order valence-electron chi connectivity index (χ3n) is 2.37. The summed E-state index contributed by atoms with van der Waals surface area (Å²) in [5.41, 5.74) is -0.656. The van der Waals surface area contributed by atoms with Gasteiger partial charge in [0.05, 0.1) is 5.75 Å². The van der Waals surface area contributed by atoms with Crippen LogP contribution in [0.15, 0.2) is 0 Å². The van der Waals surface area contributed by atoms with Gasteiger partial charge in [0.25, 0.3) is 0 Å². The zero-order valence-electron chi connectivity index (χ0n) is 11.1. The molecule has 6 heteroatoms. The second kappa shape index (κ2) is 5.82. The predicted octanol–water partition coefficient (Wildman–Crippen LogP) is 1.45. The standard InChI is InChI=1S/C11H23NO4S/c1-8(2)6-7-17(15,16)12-9(10(13)14)11(3,4)5/h8-9,12H,6-7H2,1-5H3,(H,13,14)/t9-/m1/s1. The van der Waals surface area contributed by atoms with Crippen LogP contribution in [0.4, 0.5) is 0 Å². The molecule has 0 bridgehead atoms. The fraction of sp³-hybridized carbons (Fsp3) is 0.909. The molecular formula is C11H23NO4S. The van der Waals surface area contributed by atoms with E-state index in [0.29, 0.717) is 6.42 Å². The molecule has 0 aromatic heterocycles. The van der Waals surface area contributed by atoms with Gasteiger partial charge in [-0.2, -0.15) is 0 Å². The molecule has 0 aliphatic rings. The van der Waals surface area contributed by atoms with E-state index in [-0.39, 0.29) is 11.7 Å². The molecule has 0 saturated carbocycles. The van der Waals surface area contributed by atoms with Crippen LogP contribution in [0.1, 0.15) is 41.0 Å². The summed E-state index contributed by atoms with van der Waals surface area (Å²) in [5, 5.41) is 9.02. The Kier molecular flexibility index (Phi) is 5.61. The topological polar surface area (TPSA) is 83.5 Å². The van der Waals surface area contributed by atoms with Crippen LogP contribution in [-0.2, 0) is 14.8 Å². The molecule has 0 aliphatic heterocycles. The minimum absolute atomic E-state index is 0.0372. The van der Waals surface area contributed by atoms with Crippen molar-refractivity contribution in [1.29, 1.82) is 0 Å². The normalized spacial score (nSPS) is 14.9. The van der Waals surface area contributed by atoms with Gasteiger partial charge >= 0.3 is 5.97 Å². The first-order valence-corrected chi connectivity index (χ1v) is 7.34. The average Bonchev–Trinajstić information content (AvgIpc) is 2.09. The summed E-state index contributed by atoms with van der Waals surface area (Å²) in [6, 6.07) is -1.10. The molecule has 0 unspecified atom stereocenters. The number of hydrogen-bond acceptors (Lipinski definition) is 3. The van der Waals surface area contributed by atoms with E-state index in [1.807, 2.05) is 13.8 Å². The Morgan fingerprint density at radius 1 is 1.29 bits per heavy atom. The molecule has 2 N–H and O–H groups in total. The summed E-state index contributed by atoms with van der Waals surface area (Å²) in [6.07, 6.45) is 0.520. The number of sulfonamides is 1. The van der Waals surface area contributed by atoms with Crippen LogP contribution in [0.2, 0.25) is 0 Å². The fourth-order valence-electron chi connectivity index (χ4n) is 1.23. The lowest BCUT2D eigenvalue weighted by Gasteiger charge is -2.27. The van der Waals surface area contributed by atoms with Crippen LogP contribution in [0, 0.1) is 11.3 Å². The smallest absolute Gasteiger partial charge is 0.322 e. The highest BCUT2D eigenvalue weighted by molar-refractivity contribution is 7.89. The number of nitrogens with one attached hydrogen (secondary N) is 1. The van der Waals surface area contributed by atoms with Gasteiger partial charge in [0, 0.05) is 0 Å². The van der Waals surface area contributed by atoms with E-state index in [2.05, 4.69) is 4.72 Å². The molecule has 0 rings (SSSR count). The van der Waals surface area contributed by atoms with Crippen molar-refractivity contribution in [1.82, 2.24) is 4.72 Å². The Morgan fingerprint density at radius 2 is 1.76 bits per heavy atom. The number of carbonyl (C=O) groups is 1. The number of rotatable bonds is 6. The van der Waals surface area contributed by atoms with Crippen LogP contribution < -0.4 is 4.72 Å². The van der Waals surface area contributed by atoms with E-state index in [4.69, 9.17) is 5.11 Å². The molecule has 0 aromatic carbocycles. The van der Waals surface area contributed by atoms with E-state index in [0.717, 1.165) is 0 Å². The second-order valence-electron chi connectivity index (χ2n) is 5.76. The van der Waals surface area contributed by atoms with Crippen molar-refractivity contribution in [3.05, 3.63) is 0 Å². The summed E-state index contributed by atoms with van der Waals surface area (Å²) >= 11 is 0. The van der Waals surface area contributed by atoms with Crippen LogP contribution in [0.3, 0.4) is 0 Å². The third-order valence-corrected chi connectivity index (χ3v) is 3.74. The summed E-state index contributed by atoms with van der Waals surface area (Å²) in [6.45, 7) is 8.92. The van der Waals surface area contributed by atoms with Gasteiger partial charge < -0.3 is 5.11 Å². The van der Waals surface area contributed by atoms with Gasteiger partial charge in [-0.15, -0.1) is 0 Å². The molecule has 0 amide bonds. The Labute approximate surface area is 104 Å². The lowest BCUT2D eigenvalue weighted by molar-refractivity contribution is -0.141. The molecule has 0 spiro atoms. The Balaban J connectivity index is 4.72. The Hall–Kier alpha value is -0.620. The highest BCUT2D eigenvalue weighted by Gasteiger charge is 2.34. The minimum Gasteiger partial charge on any atom is -0.480 e. The lowest BCUT2D eigenvalue weighted by Crippen LogP contribution is -2.49. The molecule has 1 atom stereocenters. The van der Waals surface area contributed by atoms with E-state index in [9.17, 15) is 13.2 Å². The first-order chi connectivity index (χ1) is 7.46. The number of carboxylic acids is 1. The quantitative estimate of drug-likeness (QED) is 0.761. The maximum Gasteiger partial charge on any atom is 0.322 e. The number of carboxylic acid groups (broad SMARTS) is 1. The van der Waals surface area contributed by atoms with Crippen LogP contribution in [0.5, 0.6) is 0 Å². The predicted molar refractivity (Wildman–Crippen MR) is 67.3 cm³/mol. The van der Waals surface area contributed by atoms with E-state index in [1.54, 1.807) is 20.8 Å². The van der Waals surface area contributed by atoms with Gasteiger partial charge in [-0.1, -0.05) is 34.6 Å². The molecule has 0 fully saturated rings. The Morgan fingerprint density at radius 3 is 2.06 bits per heavy atom. The largest absolute Gasteiger partial charge is 0.480 e. The van der Waals surface area contributed by atoms with E-state index < -0.39 is 27.4 Å². The molecule has 0 saturated heterocycles.